The highest BCUT2D eigenvalue weighted by Crippen LogP contribution is 2.32. The molecule has 0 radical (unpaired) electrons. The van der Waals surface area contributed by atoms with E-state index in [1.54, 1.807) is 12.1 Å². The average Bonchev–Trinajstić information content (AvgIpc) is 3.01. The van der Waals surface area contributed by atoms with Crippen LogP contribution in [0.5, 0.6) is 0 Å². The molecule has 1 aromatic heterocycles. The van der Waals surface area contributed by atoms with Crippen molar-refractivity contribution in [1.82, 2.24) is 5.16 Å². The summed E-state index contributed by atoms with van der Waals surface area (Å²) in [7, 11) is 1.26. The molecule has 128 valence electrons. The van der Waals surface area contributed by atoms with Crippen LogP contribution in [-0.2, 0) is 4.74 Å². The molecule has 5 nitrogen and oxygen atoms in total. The molecule has 0 amide bonds. The van der Waals surface area contributed by atoms with Crippen molar-refractivity contribution < 1.29 is 18.4 Å². The van der Waals surface area contributed by atoms with E-state index in [1.165, 1.54) is 31.4 Å². The molecular weight excluding hydrogens is 347 g/mol. The lowest BCUT2D eigenvalue weighted by molar-refractivity contribution is 0.0602. The van der Waals surface area contributed by atoms with Gasteiger partial charge in [-0.15, -0.1) is 0 Å². The van der Waals surface area contributed by atoms with Crippen LogP contribution in [0.15, 0.2) is 47.0 Å². The van der Waals surface area contributed by atoms with Crippen molar-refractivity contribution in [3.05, 3.63) is 64.4 Å². The normalized spacial score (nSPS) is 10.6. The number of hydrogen-bond acceptors (Lipinski definition) is 5. The number of nitrogens with one attached hydrogen (secondary N) is 1. The van der Waals surface area contributed by atoms with E-state index in [0.29, 0.717) is 16.3 Å². The number of hydrogen-bond donors (Lipinski definition) is 1. The van der Waals surface area contributed by atoms with Gasteiger partial charge in [0, 0.05) is 16.3 Å². The summed E-state index contributed by atoms with van der Waals surface area (Å²) >= 11 is 6.11. The number of benzene rings is 2. The second kappa shape index (κ2) is 6.94. The SMILES string of the molecule is COC(=O)c1c(-c2ccc(F)cc2)noc1Nc1ccc(C)c(Cl)c1. The Bertz CT molecular complexity index is 923. The molecule has 0 atom stereocenters. The molecule has 2 aromatic carbocycles. The number of methoxy groups -OCH3 is 1. The fourth-order valence-electron chi connectivity index (χ4n) is 2.27. The number of esters is 1. The van der Waals surface area contributed by atoms with Crippen LogP contribution in [0.25, 0.3) is 11.3 Å². The number of rotatable bonds is 4. The fourth-order valence-corrected chi connectivity index (χ4v) is 2.45. The average molecular weight is 361 g/mol. The number of halogens is 2. The second-order valence-electron chi connectivity index (χ2n) is 5.32. The Kier molecular flexibility index (Phi) is 4.72. The van der Waals surface area contributed by atoms with Crippen molar-refractivity contribution in [3.63, 3.8) is 0 Å². The molecule has 0 spiro atoms. The van der Waals surface area contributed by atoms with Gasteiger partial charge in [-0.25, -0.2) is 9.18 Å². The van der Waals surface area contributed by atoms with Crippen LogP contribution < -0.4 is 5.32 Å². The van der Waals surface area contributed by atoms with Crippen LogP contribution in [0, 0.1) is 12.7 Å². The quantitative estimate of drug-likeness (QED) is 0.665. The minimum atomic E-state index is -0.624. The first-order valence-electron chi connectivity index (χ1n) is 7.36. The smallest absolute Gasteiger partial charge is 0.345 e. The summed E-state index contributed by atoms with van der Waals surface area (Å²) in [5.74, 6) is -0.896. The van der Waals surface area contributed by atoms with Crippen molar-refractivity contribution in [2.24, 2.45) is 0 Å². The fraction of sp³-hybridized carbons (Fsp3) is 0.111. The highest BCUT2D eigenvalue weighted by atomic mass is 35.5. The number of aryl methyl sites for hydroxylation is 1. The lowest BCUT2D eigenvalue weighted by atomic mass is 10.1. The van der Waals surface area contributed by atoms with Crippen LogP contribution >= 0.6 is 11.6 Å². The number of carbonyl (C=O) groups excluding carboxylic acids is 1. The maximum atomic E-state index is 13.1. The molecule has 7 heteroatoms. The number of anilines is 2. The van der Waals surface area contributed by atoms with Gasteiger partial charge in [-0.3, -0.25) is 0 Å². The van der Waals surface area contributed by atoms with E-state index in [9.17, 15) is 9.18 Å². The molecule has 25 heavy (non-hydrogen) atoms. The van der Waals surface area contributed by atoms with Gasteiger partial charge in [0.05, 0.1) is 7.11 Å². The summed E-state index contributed by atoms with van der Waals surface area (Å²) in [6, 6.07) is 10.9. The van der Waals surface area contributed by atoms with Gasteiger partial charge < -0.3 is 14.6 Å². The third-order valence-electron chi connectivity index (χ3n) is 3.63. The molecular formula is C18H14ClFN2O3. The van der Waals surface area contributed by atoms with E-state index in [2.05, 4.69) is 10.5 Å². The van der Waals surface area contributed by atoms with Crippen molar-refractivity contribution >= 4 is 29.1 Å². The molecule has 0 aliphatic rings. The number of aromatic nitrogens is 1. The molecule has 0 fully saturated rings. The predicted molar refractivity (Wildman–Crippen MR) is 92.7 cm³/mol. The van der Waals surface area contributed by atoms with E-state index in [-0.39, 0.29) is 23.0 Å². The van der Waals surface area contributed by atoms with Crippen LogP contribution in [0.4, 0.5) is 16.0 Å². The first-order valence-corrected chi connectivity index (χ1v) is 7.74. The number of carbonyl (C=O) groups is 1. The Hall–Kier alpha value is -2.86. The summed E-state index contributed by atoms with van der Waals surface area (Å²) in [5.41, 5.74) is 2.45. The summed E-state index contributed by atoms with van der Waals surface area (Å²) in [6.07, 6.45) is 0. The van der Waals surface area contributed by atoms with Crippen molar-refractivity contribution in [2.75, 3.05) is 12.4 Å². The van der Waals surface area contributed by atoms with Gasteiger partial charge in [-0.1, -0.05) is 22.8 Å². The third kappa shape index (κ3) is 3.49. The van der Waals surface area contributed by atoms with E-state index in [0.717, 1.165) is 5.56 Å². The first kappa shape index (κ1) is 17.0. The lowest BCUT2D eigenvalue weighted by Gasteiger charge is -2.07. The number of nitrogens with zero attached hydrogens (tertiary/aromatic N) is 1. The van der Waals surface area contributed by atoms with E-state index in [4.69, 9.17) is 20.9 Å². The molecule has 1 heterocycles. The minimum Gasteiger partial charge on any atom is -0.465 e. The Labute approximate surface area is 148 Å². The highest BCUT2D eigenvalue weighted by Gasteiger charge is 2.25. The molecule has 3 aromatic rings. The zero-order chi connectivity index (χ0) is 18.0. The minimum absolute atomic E-state index is 0.116. The lowest BCUT2D eigenvalue weighted by Crippen LogP contribution is -2.05. The Morgan fingerprint density at radius 3 is 2.60 bits per heavy atom. The van der Waals surface area contributed by atoms with Gasteiger partial charge in [-0.05, 0) is 48.9 Å². The van der Waals surface area contributed by atoms with Gasteiger partial charge in [0.2, 0.25) is 5.88 Å². The molecule has 0 unspecified atom stereocenters. The summed E-state index contributed by atoms with van der Waals surface area (Å²) in [6.45, 7) is 1.88. The highest BCUT2D eigenvalue weighted by molar-refractivity contribution is 6.31. The largest absolute Gasteiger partial charge is 0.465 e. The first-order chi connectivity index (χ1) is 12.0. The van der Waals surface area contributed by atoms with Gasteiger partial charge >= 0.3 is 5.97 Å². The van der Waals surface area contributed by atoms with Gasteiger partial charge in [-0.2, -0.15) is 0 Å². The van der Waals surface area contributed by atoms with Crippen LogP contribution in [0.2, 0.25) is 5.02 Å². The summed E-state index contributed by atoms with van der Waals surface area (Å²) < 4.78 is 23.2. The van der Waals surface area contributed by atoms with E-state index < -0.39 is 5.97 Å². The van der Waals surface area contributed by atoms with Crippen LogP contribution in [0.3, 0.4) is 0 Å². The Balaban J connectivity index is 2.03. The van der Waals surface area contributed by atoms with Crippen LogP contribution in [-0.4, -0.2) is 18.2 Å². The molecule has 0 bridgehead atoms. The molecule has 0 aliphatic carbocycles. The van der Waals surface area contributed by atoms with Crippen molar-refractivity contribution in [3.8, 4) is 11.3 Å². The van der Waals surface area contributed by atoms with E-state index in [1.807, 2.05) is 13.0 Å². The zero-order valence-electron chi connectivity index (χ0n) is 13.5. The zero-order valence-corrected chi connectivity index (χ0v) is 14.2. The van der Waals surface area contributed by atoms with Gasteiger partial charge in [0.1, 0.15) is 11.5 Å². The topological polar surface area (TPSA) is 64.4 Å². The monoisotopic (exact) mass is 360 g/mol. The number of ether oxygens (including phenoxy) is 1. The Morgan fingerprint density at radius 2 is 1.96 bits per heavy atom. The summed E-state index contributed by atoms with van der Waals surface area (Å²) in [5, 5.41) is 7.47. The predicted octanol–water partition coefficient (Wildman–Crippen LogP) is 4.97. The molecule has 0 saturated heterocycles. The van der Waals surface area contributed by atoms with E-state index >= 15 is 0 Å². The Morgan fingerprint density at radius 1 is 1.24 bits per heavy atom. The molecule has 3 rings (SSSR count). The second-order valence-corrected chi connectivity index (χ2v) is 5.73. The molecule has 0 aliphatic heterocycles. The molecule has 1 N–H and O–H groups in total. The third-order valence-corrected chi connectivity index (χ3v) is 4.04. The van der Waals surface area contributed by atoms with Crippen molar-refractivity contribution in [2.45, 2.75) is 6.92 Å². The van der Waals surface area contributed by atoms with Crippen molar-refractivity contribution in [1.29, 1.82) is 0 Å². The molecule has 0 saturated carbocycles. The maximum Gasteiger partial charge on any atom is 0.345 e. The maximum absolute atomic E-state index is 13.1. The van der Waals surface area contributed by atoms with Crippen LogP contribution in [0.1, 0.15) is 15.9 Å². The summed E-state index contributed by atoms with van der Waals surface area (Å²) in [4.78, 5) is 12.2. The standard InChI is InChI=1S/C18H14ClFN2O3/c1-10-3-8-13(9-14(10)19)21-17-15(18(23)24-2)16(22-25-17)11-4-6-12(20)7-5-11/h3-9,21H,1-2H3. The van der Waals surface area contributed by atoms with Gasteiger partial charge in [0.15, 0.2) is 5.56 Å². The van der Waals surface area contributed by atoms with Gasteiger partial charge in [0.25, 0.3) is 0 Å².